The van der Waals surface area contributed by atoms with Gasteiger partial charge in [-0.05, 0) is 23.7 Å². The van der Waals surface area contributed by atoms with Gasteiger partial charge in [0.25, 0.3) is 0 Å². The normalized spacial score (nSPS) is 36.9. The minimum atomic E-state index is 0.712. The first-order valence-electron chi connectivity index (χ1n) is 5.79. The summed E-state index contributed by atoms with van der Waals surface area (Å²) in [4.78, 5) is 0. The van der Waals surface area contributed by atoms with E-state index < -0.39 is 0 Å². The van der Waals surface area contributed by atoms with Crippen molar-refractivity contribution in [1.82, 2.24) is 5.32 Å². The van der Waals surface area contributed by atoms with Crippen molar-refractivity contribution in [2.45, 2.75) is 20.8 Å². The molecule has 1 fully saturated rings. The first-order chi connectivity index (χ1) is 6.70. The van der Waals surface area contributed by atoms with Crippen molar-refractivity contribution < 1.29 is 0 Å². The van der Waals surface area contributed by atoms with E-state index in [0.29, 0.717) is 5.92 Å². The maximum Gasteiger partial charge on any atom is 0.00229 e. The third-order valence-electron chi connectivity index (χ3n) is 3.73. The Morgan fingerprint density at radius 2 is 2.14 bits per heavy atom. The largest absolute Gasteiger partial charge is 0.316 e. The maximum atomic E-state index is 3.57. The molecule has 0 saturated carbocycles. The molecule has 14 heavy (non-hydrogen) atoms. The highest BCUT2D eigenvalue weighted by Gasteiger charge is 2.32. The molecule has 78 valence electrons. The van der Waals surface area contributed by atoms with Crippen LogP contribution in [0.5, 0.6) is 0 Å². The molecule has 1 aliphatic heterocycles. The second kappa shape index (κ2) is 3.90. The lowest BCUT2D eigenvalue weighted by Gasteiger charge is -2.39. The summed E-state index contributed by atoms with van der Waals surface area (Å²) in [6.45, 7) is 9.33. The third-order valence-corrected chi connectivity index (χ3v) is 3.73. The lowest BCUT2D eigenvalue weighted by Crippen LogP contribution is -2.43. The van der Waals surface area contributed by atoms with Crippen molar-refractivity contribution in [3.63, 3.8) is 0 Å². The molecule has 3 unspecified atom stereocenters. The second-order valence-corrected chi connectivity index (χ2v) is 5.03. The first-order valence-corrected chi connectivity index (χ1v) is 5.79. The summed E-state index contributed by atoms with van der Waals surface area (Å²) in [5.74, 6) is 2.97. The van der Waals surface area contributed by atoms with E-state index in [1.165, 1.54) is 13.1 Å². The zero-order valence-electron chi connectivity index (χ0n) is 9.46. The number of fused-ring (bicyclic) bond motifs is 1. The SMILES string of the molecule is CC(C)C1CNCC2C1=CC=CC2C. The van der Waals surface area contributed by atoms with E-state index in [9.17, 15) is 0 Å². The van der Waals surface area contributed by atoms with Crippen molar-refractivity contribution in [3.05, 3.63) is 23.8 Å². The molecule has 0 radical (unpaired) electrons. The average Bonchev–Trinajstić information content (AvgIpc) is 2.17. The predicted octanol–water partition coefficient (Wildman–Crippen LogP) is 2.61. The minimum absolute atomic E-state index is 0.712. The number of rotatable bonds is 1. The highest BCUT2D eigenvalue weighted by atomic mass is 14.9. The van der Waals surface area contributed by atoms with Crippen LogP contribution < -0.4 is 5.32 Å². The smallest absolute Gasteiger partial charge is 0.00229 e. The topological polar surface area (TPSA) is 12.0 Å². The van der Waals surface area contributed by atoms with Crippen molar-refractivity contribution in [2.75, 3.05) is 13.1 Å². The van der Waals surface area contributed by atoms with Crippen LogP contribution in [0.3, 0.4) is 0 Å². The van der Waals surface area contributed by atoms with Crippen LogP contribution >= 0.6 is 0 Å². The van der Waals surface area contributed by atoms with Crippen LogP contribution in [0.1, 0.15) is 20.8 Å². The van der Waals surface area contributed by atoms with E-state index in [0.717, 1.165) is 17.8 Å². The number of piperidine rings is 1. The third kappa shape index (κ3) is 1.66. The molecule has 3 atom stereocenters. The van der Waals surface area contributed by atoms with Gasteiger partial charge < -0.3 is 5.32 Å². The average molecular weight is 191 g/mol. The standard InChI is InChI=1S/C13H21N/c1-9(2)12-7-14-8-13-10(3)5-4-6-11(12)13/h4-6,9-10,12-14H,7-8H2,1-3H3. The Labute approximate surface area is 87.3 Å². The van der Waals surface area contributed by atoms with Crippen molar-refractivity contribution in [1.29, 1.82) is 0 Å². The van der Waals surface area contributed by atoms with Gasteiger partial charge in [-0.1, -0.05) is 44.6 Å². The van der Waals surface area contributed by atoms with E-state index in [-0.39, 0.29) is 0 Å². The monoisotopic (exact) mass is 191 g/mol. The fraction of sp³-hybridized carbons (Fsp3) is 0.692. The summed E-state index contributed by atoms with van der Waals surface area (Å²) in [5, 5.41) is 3.57. The minimum Gasteiger partial charge on any atom is -0.316 e. The van der Waals surface area contributed by atoms with Gasteiger partial charge in [0.1, 0.15) is 0 Å². The summed E-state index contributed by atoms with van der Waals surface area (Å²) in [5.41, 5.74) is 1.69. The van der Waals surface area contributed by atoms with Crippen LogP contribution in [0.15, 0.2) is 23.8 Å². The fourth-order valence-corrected chi connectivity index (χ4v) is 2.74. The van der Waals surface area contributed by atoms with Gasteiger partial charge in [-0.3, -0.25) is 0 Å². The molecule has 2 rings (SSSR count). The number of nitrogens with one attached hydrogen (secondary N) is 1. The molecular weight excluding hydrogens is 170 g/mol. The van der Waals surface area contributed by atoms with E-state index in [4.69, 9.17) is 0 Å². The van der Waals surface area contributed by atoms with Gasteiger partial charge >= 0.3 is 0 Å². The Morgan fingerprint density at radius 3 is 2.86 bits per heavy atom. The van der Waals surface area contributed by atoms with Gasteiger partial charge in [0.15, 0.2) is 0 Å². The zero-order chi connectivity index (χ0) is 10.1. The van der Waals surface area contributed by atoms with Crippen LogP contribution in [-0.2, 0) is 0 Å². The molecule has 0 bridgehead atoms. The lowest BCUT2D eigenvalue weighted by molar-refractivity contribution is 0.289. The maximum absolute atomic E-state index is 3.57. The Hall–Kier alpha value is -0.560. The summed E-state index contributed by atoms with van der Waals surface area (Å²) in [6.07, 6.45) is 6.94. The van der Waals surface area contributed by atoms with E-state index >= 15 is 0 Å². The van der Waals surface area contributed by atoms with Crippen LogP contribution in [0.2, 0.25) is 0 Å². The van der Waals surface area contributed by atoms with E-state index in [1.54, 1.807) is 5.57 Å². The molecule has 2 aliphatic rings. The van der Waals surface area contributed by atoms with Gasteiger partial charge in [-0.2, -0.15) is 0 Å². The lowest BCUT2D eigenvalue weighted by atomic mass is 9.72. The molecule has 0 aromatic carbocycles. The number of hydrogen-bond donors (Lipinski definition) is 1. The Bertz CT molecular complexity index is 262. The fourth-order valence-electron chi connectivity index (χ4n) is 2.74. The molecular formula is C13H21N. The predicted molar refractivity (Wildman–Crippen MR) is 61.1 cm³/mol. The summed E-state index contributed by atoms with van der Waals surface area (Å²) >= 11 is 0. The van der Waals surface area contributed by atoms with Gasteiger partial charge in [-0.15, -0.1) is 0 Å². The highest BCUT2D eigenvalue weighted by molar-refractivity contribution is 5.27. The van der Waals surface area contributed by atoms with Crippen LogP contribution in [0.4, 0.5) is 0 Å². The number of hydrogen-bond acceptors (Lipinski definition) is 1. The second-order valence-electron chi connectivity index (χ2n) is 5.03. The van der Waals surface area contributed by atoms with Gasteiger partial charge in [0.2, 0.25) is 0 Å². The molecule has 1 aliphatic carbocycles. The Balaban J connectivity index is 2.23. The van der Waals surface area contributed by atoms with E-state index in [2.05, 4.69) is 44.3 Å². The summed E-state index contributed by atoms with van der Waals surface area (Å²) in [7, 11) is 0. The van der Waals surface area contributed by atoms with Crippen LogP contribution in [-0.4, -0.2) is 13.1 Å². The molecule has 0 aromatic rings. The quantitative estimate of drug-likeness (QED) is 0.672. The van der Waals surface area contributed by atoms with Crippen LogP contribution in [0, 0.1) is 23.7 Å². The molecule has 0 spiro atoms. The molecule has 1 saturated heterocycles. The Morgan fingerprint density at radius 1 is 1.36 bits per heavy atom. The van der Waals surface area contributed by atoms with Gasteiger partial charge in [0, 0.05) is 13.1 Å². The van der Waals surface area contributed by atoms with Crippen molar-refractivity contribution >= 4 is 0 Å². The summed E-state index contributed by atoms with van der Waals surface area (Å²) in [6, 6.07) is 0. The highest BCUT2D eigenvalue weighted by Crippen LogP contribution is 2.36. The van der Waals surface area contributed by atoms with Gasteiger partial charge in [-0.25, -0.2) is 0 Å². The molecule has 0 aromatic heterocycles. The summed E-state index contributed by atoms with van der Waals surface area (Å²) < 4.78 is 0. The Kier molecular flexibility index (Phi) is 2.78. The van der Waals surface area contributed by atoms with Crippen molar-refractivity contribution in [3.8, 4) is 0 Å². The zero-order valence-corrected chi connectivity index (χ0v) is 9.46. The van der Waals surface area contributed by atoms with Gasteiger partial charge in [0.05, 0.1) is 0 Å². The van der Waals surface area contributed by atoms with Crippen molar-refractivity contribution in [2.24, 2.45) is 23.7 Å². The molecule has 1 N–H and O–H groups in total. The van der Waals surface area contributed by atoms with Crippen LogP contribution in [0.25, 0.3) is 0 Å². The molecule has 1 heterocycles. The number of allylic oxidation sites excluding steroid dienone is 3. The molecule has 1 heteroatoms. The molecule has 0 amide bonds. The van der Waals surface area contributed by atoms with E-state index in [1.807, 2.05) is 0 Å². The first kappa shape index (κ1) is 9.97. The molecule has 1 nitrogen and oxygen atoms in total.